The molecule has 4 nitrogen and oxygen atoms in total. The summed E-state index contributed by atoms with van der Waals surface area (Å²) in [5, 5.41) is 3.38. The molecule has 2 aromatic carbocycles. The summed E-state index contributed by atoms with van der Waals surface area (Å²) < 4.78 is 19.6. The lowest BCUT2D eigenvalue weighted by Crippen LogP contribution is -2.36. The molecule has 1 fully saturated rings. The number of rotatable bonds is 4. The molecule has 3 aliphatic rings. The Labute approximate surface area is 193 Å². The van der Waals surface area contributed by atoms with Crippen molar-refractivity contribution >= 4 is 11.8 Å². The Morgan fingerprint density at radius 2 is 1.67 bits per heavy atom. The molecule has 0 amide bonds. The Kier molecular flexibility index (Phi) is 5.88. The maximum Gasteiger partial charge on any atom is 0.337 e. The fourth-order valence-corrected chi connectivity index (χ4v) is 5.48. The number of allylic oxidation sites excluding steroid dienone is 3. The van der Waals surface area contributed by atoms with Gasteiger partial charge in [0.1, 0.15) is 11.9 Å². The van der Waals surface area contributed by atoms with E-state index in [2.05, 4.69) is 17.4 Å². The number of ketones is 1. The van der Waals surface area contributed by atoms with Gasteiger partial charge >= 0.3 is 5.97 Å². The van der Waals surface area contributed by atoms with E-state index in [0.717, 1.165) is 42.5 Å². The average Bonchev–Trinajstić information content (AvgIpc) is 3.32. The Hall–Kier alpha value is -3.21. The minimum atomic E-state index is -0.556. The van der Waals surface area contributed by atoms with Crippen molar-refractivity contribution in [3.05, 3.63) is 94.1 Å². The van der Waals surface area contributed by atoms with Gasteiger partial charge in [-0.2, -0.15) is 0 Å². The molecule has 0 saturated heterocycles. The molecule has 1 saturated carbocycles. The van der Waals surface area contributed by atoms with Gasteiger partial charge in [0.05, 0.1) is 5.57 Å². The van der Waals surface area contributed by atoms with Gasteiger partial charge in [-0.3, -0.25) is 4.79 Å². The third-order valence-corrected chi connectivity index (χ3v) is 7.10. The van der Waals surface area contributed by atoms with Crippen molar-refractivity contribution in [2.45, 2.75) is 63.4 Å². The summed E-state index contributed by atoms with van der Waals surface area (Å²) in [6.07, 6.45) is 4.86. The summed E-state index contributed by atoms with van der Waals surface area (Å²) >= 11 is 0. The third kappa shape index (κ3) is 4.24. The molecule has 2 aromatic rings. The molecule has 5 rings (SSSR count). The SMILES string of the molecule is CC1=C(C(=O)OC2CCCC2)[C@H](c2ccc(F)cc2)C2=C(C[C@@H](c3ccccc3)CC2=O)N1. The maximum absolute atomic E-state index is 13.7. The molecule has 0 bridgehead atoms. The molecular formula is C28H28FNO3. The van der Waals surface area contributed by atoms with E-state index >= 15 is 0 Å². The first-order valence-electron chi connectivity index (χ1n) is 11.8. The number of dihydropyridines is 1. The molecule has 2 atom stereocenters. The van der Waals surface area contributed by atoms with Crippen LogP contribution in [0.3, 0.4) is 0 Å². The summed E-state index contributed by atoms with van der Waals surface area (Å²) in [6.45, 7) is 1.86. The molecule has 0 radical (unpaired) electrons. The number of carbonyl (C=O) groups excluding carboxylic acids is 2. The van der Waals surface area contributed by atoms with Gasteiger partial charge in [-0.25, -0.2) is 9.18 Å². The lowest BCUT2D eigenvalue weighted by atomic mass is 9.72. The van der Waals surface area contributed by atoms with Crippen LogP contribution in [0.1, 0.15) is 68.4 Å². The molecule has 0 aromatic heterocycles. The smallest absolute Gasteiger partial charge is 0.337 e. The van der Waals surface area contributed by atoms with Crippen molar-refractivity contribution in [1.82, 2.24) is 5.32 Å². The zero-order valence-corrected chi connectivity index (χ0v) is 18.8. The van der Waals surface area contributed by atoms with E-state index in [1.54, 1.807) is 12.1 Å². The lowest BCUT2D eigenvalue weighted by Gasteiger charge is -2.37. The van der Waals surface area contributed by atoms with Gasteiger partial charge in [-0.1, -0.05) is 42.5 Å². The summed E-state index contributed by atoms with van der Waals surface area (Å²) in [4.78, 5) is 26.9. The van der Waals surface area contributed by atoms with Crippen molar-refractivity contribution in [2.24, 2.45) is 0 Å². The van der Waals surface area contributed by atoms with E-state index in [4.69, 9.17) is 4.74 Å². The van der Waals surface area contributed by atoms with Crippen molar-refractivity contribution in [3.8, 4) is 0 Å². The lowest BCUT2D eigenvalue weighted by molar-refractivity contribution is -0.144. The topological polar surface area (TPSA) is 55.4 Å². The van der Waals surface area contributed by atoms with Gasteiger partial charge in [0, 0.05) is 29.3 Å². The number of ether oxygens (including phenoxy) is 1. The fraction of sp³-hybridized carbons (Fsp3) is 0.357. The number of nitrogens with one attached hydrogen (secondary N) is 1. The molecular weight excluding hydrogens is 417 g/mol. The van der Waals surface area contributed by atoms with Crippen LogP contribution < -0.4 is 5.32 Å². The van der Waals surface area contributed by atoms with Crippen LogP contribution in [0.15, 0.2) is 77.1 Å². The number of Topliss-reactive ketones (excluding diaryl/α,β-unsaturated/α-hetero) is 1. The van der Waals surface area contributed by atoms with Crippen LogP contribution in [0, 0.1) is 5.82 Å². The highest BCUT2D eigenvalue weighted by Crippen LogP contribution is 2.46. The molecule has 1 N–H and O–H groups in total. The monoisotopic (exact) mass is 445 g/mol. The Morgan fingerprint density at radius 3 is 2.36 bits per heavy atom. The molecule has 170 valence electrons. The fourth-order valence-electron chi connectivity index (χ4n) is 5.48. The first-order chi connectivity index (χ1) is 16.0. The van der Waals surface area contributed by atoms with Crippen molar-refractivity contribution < 1.29 is 18.7 Å². The highest BCUT2D eigenvalue weighted by Gasteiger charge is 2.42. The number of esters is 1. The minimum Gasteiger partial charge on any atom is -0.459 e. The van der Waals surface area contributed by atoms with Crippen LogP contribution >= 0.6 is 0 Å². The number of halogens is 1. The number of hydrogen-bond acceptors (Lipinski definition) is 4. The van der Waals surface area contributed by atoms with E-state index in [-0.39, 0.29) is 29.6 Å². The highest BCUT2D eigenvalue weighted by atomic mass is 19.1. The first-order valence-corrected chi connectivity index (χ1v) is 11.8. The maximum atomic E-state index is 13.7. The van der Waals surface area contributed by atoms with Crippen LogP contribution in [-0.4, -0.2) is 17.9 Å². The normalized spacial score (nSPS) is 23.4. The third-order valence-electron chi connectivity index (χ3n) is 7.10. The molecule has 1 aliphatic heterocycles. The molecule has 33 heavy (non-hydrogen) atoms. The van der Waals surface area contributed by atoms with E-state index in [1.165, 1.54) is 12.1 Å². The molecule has 0 spiro atoms. The number of hydrogen-bond donors (Lipinski definition) is 1. The molecule has 5 heteroatoms. The first kappa shape index (κ1) is 21.6. The van der Waals surface area contributed by atoms with Gasteiger partial charge in [0.2, 0.25) is 0 Å². The second kappa shape index (κ2) is 8.97. The Morgan fingerprint density at radius 1 is 0.970 bits per heavy atom. The van der Waals surface area contributed by atoms with Crippen LogP contribution in [0.5, 0.6) is 0 Å². The average molecular weight is 446 g/mol. The second-order valence-corrected chi connectivity index (χ2v) is 9.29. The summed E-state index contributed by atoms with van der Waals surface area (Å²) in [5.41, 5.74) is 4.48. The van der Waals surface area contributed by atoms with Crippen LogP contribution in [-0.2, 0) is 14.3 Å². The van der Waals surface area contributed by atoms with Crippen molar-refractivity contribution in [1.29, 1.82) is 0 Å². The largest absolute Gasteiger partial charge is 0.459 e. The second-order valence-electron chi connectivity index (χ2n) is 9.29. The Balaban J connectivity index is 1.54. The van der Waals surface area contributed by atoms with Crippen LogP contribution in [0.25, 0.3) is 0 Å². The van der Waals surface area contributed by atoms with Crippen molar-refractivity contribution in [2.75, 3.05) is 0 Å². The van der Waals surface area contributed by atoms with Crippen LogP contribution in [0.2, 0.25) is 0 Å². The standard InChI is InChI=1S/C28H28FNO3/c1-17-25(28(32)33-22-9-5-6-10-22)26(19-11-13-21(29)14-12-19)27-23(30-17)15-20(16-24(27)31)18-7-3-2-4-8-18/h2-4,7-8,11-14,20,22,26,30H,5-6,9-10,15-16H2,1H3/t20-,26+/m1/s1. The number of carbonyl (C=O) groups is 2. The summed E-state index contributed by atoms with van der Waals surface area (Å²) in [6, 6.07) is 16.2. The van der Waals surface area contributed by atoms with E-state index in [1.807, 2.05) is 25.1 Å². The van der Waals surface area contributed by atoms with Crippen molar-refractivity contribution in [3.63, 3.8) is 0 Å². The number of benzene rings is 2. The summed E-state index contributed by atoms with van der Waals surface area (Å²) in [5.74, 6) is -1.19. The van der Waals surface area contributed by atoms with E-state index in [9.17, 15) is 14.0 Å². The predicted molar refractivity (Wildman–Crippen MR) is 124 cm³/mol. The van der Waals surface area contributed by atoms with E-state index < -0.39 is 5.92 Å². The summed E-state index contributed by atoms with van der Waals surface area (Å²) in [7, 11) is 0. The minimum absolute atomic E-state index is 0.0191. The zero-order valence-electron chi connectivity index (χ0n) is 18.8. The van der Waals surface area contributed by atoms with Gasteiger partial charge in [-0.05, 0) is 68.2 Å². The molecule has 0 unspecified atom stereocenters. The van der Waals surface area contributed by atoms with Gasteiger partial charge in [0.15, 0.2) is 5.78 Å². The van der Waals surface area contributed by atoms with E-state index in [0.29, 0.717) is 29.7 Å². The quantitative estimate of drug-likeness (QED) is 0.616. The highest BCUT2D eigenvalue weighted by molar-refractivity contribution is 6.04. The van der Waals surface area contributed by atoms with Gasteiger partial charge in [0.25, 0.3) is 0 Å². The zero-order chi connectivity index (χ0) is 22.9. The Bertz CT molecular complexity index is 1130. The van der Waals surface area contributed by atoms with Gasteiger partial charge < -0.3 is 10.1 Å². The van der Waals surface area contributed by atoms with Crippen LogP contribution in [0.4, 0.5) is 4.39 Å². The van der Waals surface area contributed by atoms with Gasteiger partial charge in [-0.15, -0.1) is 0 Å². The predicted octanol–water partition coefficient (Wildman–Crippen LogP) is 5.67. The molecule has 2 aliphatic carbocycles. The molecule has 1 heterocycles.